The van der Waals surface area contributed by atoms with Crippen molar-refractivity contribution < 1.29 is 14.0 Å². The lowest BCUT2D eigenvalue weighted by atomic mass is 9.80. The molecule has 1 aromatic heterocycles. The molecule has 2 amide bonds. The van der Waals surface area contributed by atoms with E-state index in [1.54, 1.807) is 19.1 Å². The van der Waals surface area contributed by atoms with Crippen LogP contribution in [0.4, 0.5) is 14.9 Å². The fraction of sp³-hybridized carbons (Fsp3) is 0.464. The summed E-state index contributed by atoms with van der Waals surface area (Å²) in [5.41, 5.74) is 2.39. The van der Waals surface area contributed by atoms with Gasteiger partial charge in [0.05, 0.1) is 0 Å². The van der Waals surface area contributed by atoms with E-state index < -0.39 is 5.41 Å². The van der Waals surface area contributed by atoms with Crippen LogP contribution in [0.15, 0.2) is 42.5 Å². The van der Waals surface area contributed by atoms with Crippen molar-refractivity contribution in [3.63, 3.8) is 0 Å². The number of hydrogen-bond donors (Lipinski definition) is 3. The summed E-state index contributed by atoms with van der Waals surface area (Å²) in [4.78, 5) is 27.4. The van der Waals surface area contributed by atoms with Gasteiger partial charge in [0.25, 0.3) is 0 Å². The highest BCUT2D eigenvalue weighted by Crippen LogP contribution is 2.31. The maximum absolute atomic E-state index is 13.2. The Hall–Kier alpha value is -3.66. The van der Waals surface area contributed by atoms with Gasteiger partial charge in [0.1, 0.15) is 11.6 Å². The number of likely N-dealkylation sites (tertiary alicyclic amines) is 1. The van der Waals surface area contributed by atoms with Crippen molar-refractivity contribution >= 4 is 17.5 Å². The molecule has 1 saturated heterocycles. The number of aromatic nitrogens is 4. The van der Waals surface area contributed by atoms with E-state index in [-0.39, 0.29) is 17.6 Å². The second kappa shape index (κ2) is 12.3. The first-order chi connectivity index (χ1) is 18.2. The van der Waals surface area contributed by atoms with Crippen LogP contribution in [0, 0.1) is 11.7 Å². The lowest BCUT2D eigenvalue weighted by Crippen LogP contribution is -2.38. The highest BCUT2D eigenvalue weighted by Gasteiger charge is 2.27. The van der Waals surface area contributed by atoms with Crippen LogP contribution < -0.4 is 10.6 Å². The fourth-order valence-electron chi connectivity index (χ4n) is 4.83. The van der Waals surface area contributed by atoms with Crippen molar-refractivity contribution in [3.05, 3.63) is 59.4 Å². The summed E-state index contributed by atoms with van der Waals surface area (Å²) in [6.07, 6.45) is 4.13. The van der Waals surface area contributed by atoms with Gasteiger partial charge < -0.3 is 15.5 Å². The number of H-pyrrole nitrogens is 1. The maximum atomic E-state index is 13.2. The van der Waals surface area contributed by atoms with Gasteiger partial charge in [-0.3, -0.25) is 4.79 Å². The van der Waals surface area contributed by atoms with Gasteiger partial charge in [-0.05, 0) is 112 Å². The summed E-state index contributed by atoms with van der Waals surface area (Å²) < 4.78 is 13.2. The van der Waals surface area contributed by atoms with Crippen LogP contribution in [0.3, 0.4) is 0 Å². The summed E-state index contributed by atoms with van der Waals surface area (Å²) >= 11 is 0. The number of hydrogen-bond acceptors (Lipinski definition) is 6. The molecule has 3 aromatic rings. The van der Waals surface area contributed by atoms with E-state index in [4.69, 9.17) is 0 Å². The standard InChI is InChI=1S/C28H36FN7O2/c1-19(37)28(2,3)23-15-22(26-32-34-35-33-26)16-25(17-23)31-27(38)30-11-5-13-36-12-4-6-21(18-36)14-20-7-9-24(29)10-8-20/h7-10,15-17,21H,4-6,11-14,18H2,1-3H3,(H2,30,31,38)(H,32,33,34,35)/t21-/m0/s1. The molecule has 0 aliphatic carbocycles. The Kier molecular flexibility index (Phi) is 8.83. The summed E-state index contributed by atoms with van der Waals surface area (Å²) in [6, 6.07) is 11.9. The number of rotatable bonds is 10. The quantitative estimate of drug-likeness (QED) is 0.342. The van der Waals surface area contributed by atoms with Crippen molar-refractivity contribution in [2.45, 2.75) is 51.9 Å². The number of carbonyl (C=O) groups excluding carboxylic acids is 2. The molecule has 1 aliphatic heterocycles. The van der Waals surface area contributed by atoms with E-state index in [1.165, 1.54) is 24.1 Å². The molecule has 2 aromatic carbocycles. The normalized spacial score (nSPS) is 16.3. The molecule has 0 unspecified atom stereocenters. The monoisotopic (exact) mass is 521 g/mol. The van der Waals surface area contributed by atoms with E-state index in [9.17, 15) is 14.0 Å². The summed E-state index contributed by atoms with van der Waals surface area (Å²) in [6.45, 7) is 8.77. The maximum Gasteiger partial charge on any atom is 0.319 e. The fourth-order valence-corrected chi connectivity index (χ4v) is 4.83. The van der Waals surface area contributed by atoms with Crippen molar-refractivity contribution in [2.24, 2.45) is 5.92 Å². The SMILES string of the molecule is CC(=O)C(C)(C)c1cc(NC(=O)NCCCN2CCC[C@@H](Cc3ccc(F)cc3)C2)cc(-c2nn[nH]n2)c1. The molecule has 3 N–H and O–H groups in total. The Morgan fingerprint density at radius 2 is 1.97 bits per heavy atom. The largest absolute Gasteiger partial charge is 0.338 e. The van der Waals surface area contributed by atoms with Gasteiger partial charge in [-0.1, -0.05) is 12.1 Å². The van der Waals surface area contributed by atoms with Crippen LogP contribution >= 0.6 is 0 Å². The molecule has 1 aliphatic rings. The van der Waals surface area contributed by atoms with E-state index in [0.717, 1.165) is 44.5 Å². The molecule has 0 bridgehead atoms. The highest BCUT2D eigenvalue weighted by atomic mass is 19.1. The average Bonchev–Trinajstić information content (AvgIpc) is 3.43. The Labute approximate surface area is 222 Å². The van der Waals surface area contributed by atoms with Gasteiger partial charge in [-0.2, -0.15) is 5.21 Å². The Balaban J connectivity index is 1.28. The van der Waals surface area contributed by atoms with Crippen LogP contribution in [0.1, 0.15) is 51.2 Å². The molecule has 1 atom stereocenters. The first-order valence-corrected chi connectivity index (χ1v) is 13.1. The third-order valence-corrected chi connectivity index (χ3v) is 7.37. The Bertz CT molecular complexity index is 1230. The molecule has 1 fully saturated rings. The molecule has 2 heterocycles. The zero-order valence-corrected chi connectivity index (χ0v) is 22.3. The number of halogens is 1. The number of aromatic amines is 1. The lowest BCUT2D eigenvalue weighted by Gasteiger charge is -2.32. The minimum Gasteiger partial charge on any atom is -0.338 e. The van der Waals surface area contributed by atoms with Gasteiger partial charge >= 0.3 is 6.03 Å². The predicted octanol–water partition coefficient (Wildman–Crippen LogP) is 4.34. The highest BCUT2D eigenvalue weighted by molar-refractivity contribution is 5.92. The average molecular weight is 522 g/mol. The van der Waals surface area contributed by atoms with E-state index >= 15 is 0 Å². The number of amides is 2. The zero-order chi connectivity index (χ0) is 27.1. The molecule has 202 valence electrons. The van der Waals surface area contributed by atoms with Gasteiger partial charge in [0, 0.05) is 29.8 Å². The number of urea groups is 1. The van der Waals surface area contributed by atoms with E-state index in [1.807, 2.05) is 32.0 Å². The Morgan fingerprint density at radius 3 is 2.68 bits per heavy atom. The molecule has 9 nitrogen and oxygen atoms in total. The molecule has 0 saturated carbocycles. The summed E-state index contributed by atoms with van der Waals surface area (Å²) in [7, 11) is 0. The van der Waals surface area contributed by atoms with Crippen molar-refractivity contribution in [1.82, 2.24) is 30.8 Å². The predicted molar refractivity (Wildman–Crippen MR) is 144 cm³/mol. The van der Waals surface area contributed by atoms with Crippen LogP contribution in [-0.2, 0) is 16.6 Å². The number of nitrogens with one attached hydrogen (secondary N) is 3. The van der Waals surface area contributed by atoms with Crippen LogP contribution in [0.5, 0.6) is 0 Å². The number of anilines is 1. The van der Waals surface area contributed by atoms with Crippen LogP contribution in [0.25, 0.3) is 11.4 Å². The second-order valence-electron chi connectivity index (χ2n) is 10.6. The summed E-state index contributed by atoms with van der Waals surface area (Å²) in [5.74, 6) is 0.755. The Morgan fingerprint density at radius 1 is 1.18 bits per heavy atom. The molecule has 38 heavy (non-hydrogen) atoms. The molecule has 10 heteroatoms. The van der Waals surface area contributed by atoms with Gasteiger partial charge in [-0.15, -0.1) is 10.2 Å². The van der Waals surface area contributed by atoms with Gasteiger partial charge in [0.15, 0.2) is 0 Å². The molecule has 4 rings (SSSR count). The smallest absolute Gasteiger partial charge is 0.319 e. The number of benzene rings is 2. The first-order valence-electron chi connectivity index (χ1n) is 13.1. The van der Waals surface area contributed by atoms with E-state index in [2.05, 4.69) is 36.2 Å². The number of piperidine rings is 1. The van der Waals surface area contributed by atoms with Crippen LogP contribution in [0.2, 0.25) is 0 Å². The number of nitrogens with zero attached hydrogens (tertiary/aromatic N) is 4. The van der Waals surface area contributed by atoms with Crippen molar-refractivity contribution in [3.8, 4) is 11.4 Å². The van der Waals surface area contributed by atoms with Gasteiger partial charge in [-0.25, -0.2) is 9.18 Å². The third kappa shape index (κ3) is 7.22. The molecule has 0 radical (unpaired) electrons. The summed E-state index contributed by atoms with van der Waals surface area (Å²) in [5, 5.41) is 19.9. The number of Topliss-reactive ketones (excluding diaryl/α,β-unsaturated/α-hetero) is 1. The number of ketones is 1. The zero-order valence-electron chi connectivity index (χ0n) is 22.3. The third-order valence-electron chi connectivity index (χ3n) is 7.37. The van der Waals surface area contributed by atoms with Crippen molar-refractivity contribution in [1.29, 1.82) is 0 Å². The van der Waals surface area contributed by atoms with E-state index in [0.29, 0.717) is 29.5 Å². The minimum atomic E-state index is -0.740. The molecular weight excluding hydrogens is 485 g/mol. The molecule has 0 spiro atoms. The topological polar surface area (TPSA) is 116 Å². The van der Waals surface area contributed by atoms with Crippen molar-refractivity contribution in [2.75, 3.05) is 31.5 Å². The number of carbonyl (C=O) groups is 2. The first kappa shape index (κ1) is 27.4. The van der Waals surface area contributed by atoms with Crippen LogP contribution in [-0.4, -0.2) is 63.5 Å². The molecular formula is C28H36FN7O2. The number of tetrazole rings is 1. The second-order valence-corrected chi connectivity index (χ2v) is 10.6. The van der Waals surface area contributed by atoms with Gasteiger partial charge in [0.2, 0.25) is 5.82 Å². The lowest BCUT2D eigenvalue weighted by molar-refractivity contribution is -0.121. The minimum absolute atomic E-state index is 0.00998.